The molecule has 1 rings (SSSR count). The topological polar surface area (TPSA) is 32.3 Å². The van der Waals surface area contributed by atoms with Crippen molar-refractivity contribution in [2.24, 2.45) is 5.92 Å². The fourth-order valence-electron chi connectivity index (χ4n) is 2.12. The molecule has 2 N–H and O–H groups in total. The molecule has 0 aliphatic heterocycles. The minimum Gasteiger partial charge on any atom is -0.380 e. The lowest BCUT2D eigenvalue weighted by Gasteiger charge is -2.41. The summed E-state index contributed by atoms with van der Waals surface area (Å²) in [5, 5.41) is 12.3. The zero-order valence-corrected chi connectivity index (χ0v) is 8.19. The second kappa shape index (κ2) is 4.06. The van der Waals surface area contributed by atoms with E-state index >= 15 is 0 Å². The van der Waals surface area contributed by atoms with Crippen molar-refractivity contribution in [1.29, 1.82) is 0 Å². The van der Waals surface area contributed by atoms with E-state index in [1.807, 2.05) is 0 Å². The fraction of sp³-hybridized carbons (Fsp3) is 1.00. The summed E-state index contributed by atoms with van der Waals surface area (Å²) in [4.78, 5) is 0. The van der Waals surface area contributed by atoms with Crippen LogP contribution in [-0.4, -0.2) is 30.5 Å². The molecule has 0 saturated heterocycles. The monoisotopic (exact) mass is 211 g/mol. The molecule has 1 saturated carbocycles. The van der Waals surface area contributed by atoms with E-state index in [0.29, 0.717) is 12.8 Å². The predicted molar refractivity (Wildman–Crippen MR) is 46.9 cm³/mol. The van der Waals surface area contributed by atoms with E-state index in [2.05, 4.69) is 5.32 Å². The highest BCUT2D eigenvalue weighted by Gasteiger charge is 2.58. The number of rotatable bonds is 2. The molecule has 1 aliphatic carbocycles. The van der Waals surface area contributed by atoms with Crippen molar-refractivity contribution in [1.82, 2.24) is 5.32 Å². The molecule has 14 heavy (non-hydrogen) atoms. The number of nitrogens with one attached hydrogen (secondary N) is 1. The molecule has 84 valence electrons. The maximum atomic E-state index is 12.6. The van der Waals surface area contributed by atoms with E-state index < -0.39 is 17.7 Å². The normalized spacial score (nSPS) is 34.5. The van der Waals surface area contributed by atoms with Crippen LogP contribution in [-0.2, 0) is 0 Å². The third-order valence-electron chi connectivity index (χ3n) is 2.98. The zero-order valence-electron chi connectivity index (χ0n) is 8.19. The molecule has 0 aromatic carbocycles. The van der Waals surface area contributed by atoms with Gasteiger partial charge in [0.05, 0.1) is 0 Å². The highest BCUT2D eigenvalue weighted by molar-refractivity contribution is 4.96. The summed E-state index contributed by atoms with van der Waals surface area (Å²) in [6.07, 6.45) is -3.00. The number of hydrogen-bond donors (Lipinski definition) is 2. The average Bonchev–Trinajstić information content (AvgIpc) is 2.07. The second-order valence-electron chi connectivity index (χ2n) is 3.92. The Morgan fingerprint density at radius 2 is 2.07 bits per heavy atom. The van der Waals surface area contributed by atoms with Crippen molar-refractivity contribution in [2.75, 3.05) is 13.6 Å². The third-order valence-corrected chi connectivity index (χ3v) is 2.98. The summed E-state index contributed by atoms with van der Waals surface area (Å²) in [5.41, 5.74) is -2.48. The van der Waals surface area contributed by atoms with E-state index in [9.17, 15) is 18.3 Å². The minimum absolute atomic E-state index is 0.164. The van der Waals surface area contributed by atoms with Gasteiger partial charge >= 0.3 is 6.18 Å². The standard InChI is InChI=1S/C9H16F3NO/c1-13-6-7-4-2-3-5-8(7,14)9(10,11)12/h7,13-14H,2-6H2,1H3. The third kappa shape index (κ3) is 2.03. The molecule has 0 amide bonds. The van der Waals surface area contributed by atoms with Crippen LogP contribution in [0.3, 0.4) is 0 Å². The van der Waals surface area contributed by atoms with Gasteiger partial charge in [0.1, 0.15) is 0 Å². The van der Waals surface area contributed by atoms with Gasteiger partial charge in [0.15, 0.2) is 5.60 Å². The molecule has 2 atom stereocenters. The van der Waals surface area contributed by atoms with Gasteiger partial charge in [-0.3, -0.25) is 0 Å². The first-order valence-electron chi connectivity index (χ1n) is 4.85. The molecular formula is C9H16F3NO. The Bertz CT molecular complexity index is 193. The Kier molecular flexibility index (Phi) is 3.42. The molecule has 1 fully saturated rings. The number of halogens is 3. The number of hydrogen-bond acceptors (Lipinski definition) is 2. The van der Waals surface area contributed by atoms with Gasteiger partial charge in [-0.1, -0.05) is 12.8 Å². The molecule has 0 aromatic rings. The van der Waals surface area contributed by atoms with Crippen LogP contribution < -0.4 is 5.32 Å². The smallest absolute Gasteiger partial charge is 0.380 e. The van der Waals surface area contributed by atoms with Crippen molar-refractivity contribution in [3.63, 3.8) is 0 Å². The predicted octanol–water partition coefficient (Wildman–Crippen LogP) is 1.69. The molecule has 0 spiro atoms. The van der Waals surface area contributed by atoms with Gasteiger partial charge in [0.25, 0.3) is 0 Å². The lowest BCUT2D eigenvalue weighted by molar-refractivity contribution is -0.287. The van der Waals surface area contributed by atoms with Crippen LogP contribution in [0.4, 0.5) is 13.2 Å². The summed E-state index contributed by atoms with van der Waals surface area (Å²) in [6, 6.07) is 0. The minimum atomic E-state index is -4.51. The SMILES string of the molecule is CNCC1CCCCC1(O)C(F)(F)F. The van der Waals surface area contributed by atoms with Crippen LogP contribution in [0.1, 0.15) is 25.7 Å². The highest BCUT2D eigenvalue weighted by Crippen LogP contribution is 2.44. The van der Waals surface area contributed by atoms with Crippen LogP contribution in [0, 0.1) is 5.92 Å². The Hall–Kier alpha value is -0.290. The van der Waals surface area contributed by atoms with E-state index in [4.69, 9.17) is 0 Å². The van der Waals surface area contributed by atoms with E-state index in [1.165, 1.54) is 0 Å². The molecule has 2 unspecified atom stereocenters. The average molecular weight is 211 g/mol. The Morgan fingerprint density at radius 1 is 1.43 bits per heavy atom. The molecular weight excluding hydrogens is 195 g/mol. The Labute approximate surface area is 81.5 Å². The van der Waals surface area contributed by atoms with Gasteiger partial charge < -0.3 is 10.4 Å². The first-order valence-corrected chi connectivity index (χ1v) is 4.85. The van der Waals surface area contributed by atoms with Crippen molar-refractivity contribution >= 4 is 0 Å². The summed E-state index contributed by atoms with van der Waals surface area (Å²) >= 11 is 0. The van der Waals surface area contributed by atoms with Gasteiger partial charge in [-0.15, -0.1) is 0 Å². The summed E-state index contributed by atoms with van der Waals surface area (Å²) < 4.78 is 37.9. The Balaban J connectivity index is 2.79. The number of alkyl halides is 3. The molecule has 0 heterocycles. The maximum absolute atomic E-state index is 12.6. The van der Waals surface area contributed by atoms with Gasteiger partial charge in [-0.05, 0) is 19.9 Å². The van der Waals surface area contributed by atoms with Crippen molar-refractivity contribution in [3.05, 3.63) is 0 Å². The van der Waals surface area contributed by atoms with Crippen molar-refractivity contribution in [3.8, 4) is 0 Å². The molecule has 5 heteroatoms. The van der Waals surface area contributed by atoms with Gasteiger partial charge in [-0.25, -0.2) is 0 Å². The number of aliphatic hydroxyl groups is 1. The van der Waals surface area contributed by atoms with E-state index in [-0.39, 0.29) is 13.0 Å². The quantitative estimate of drug-likeness (QED) is 0.728. The largest absolute Gasteiger partial charge is 0.417 e. The zero-order chi connectivity index (χ0) is 10.8. The van der Waals surface area contributed by atoms with Crippen molar-refractivity contribution in [2.45, 2.75) is 37.5 Å². The van der Waals surface area contributed by atoms with E-state index in [0.717, 1.165) is 6.42 Å². The van der Waals surface area contributed by atoms with Crippen LogP contribution in [0.25, 0.3) is 0 Å². The molecule has 2 nitrogen and oxygen atoms in total. The van der Waals surface area contributed by atoms with E-state index in [1.54, 1.807) is 7.05 Å². The summed E-state index contributed by atoms with van der Waals surface area (Å²) in [6.45, 7) is 0.218. The summed E-state index contributed by atoms with van der Waals surface area (Å²) in [5.74, 6) is -0.707. The molecule has 0 bridgehead atoms. The van der Waals surface area contributed by atoms with Crippen LogP contribution in [0.2, 0.25) is 0 Å². The van der Waals surface area contributed by atoms with Gasteiger partial charge in [-0.2, -0.15) is 13.2 Å². The highest BCUT2D eigenvalue weighted by atomic mass is 19.4. The molecule has 0 radical (unpaired) electrons. The first-order chi connectivity index (χ1) is 6.42. The fourth-order valence-corrected chi connectivity index (χ4v) is 2.12. The van der Waals surface area contributed by atoms with Crippen LogP contribution in [0.15, 0.2) is 0 Å². The second-order valence-corrected chi connectivity index (χ2v) is 3.92. The summed E-state index contributed by atoms with van der Waals surface area (Å²) in [7, 11) is 1.60. The lowest BCUT2D eigenvalue weighted by Crippen LogP contribution is -2.55. The Morgan fingerprint density at radius 3 is 2.57 bits per heavy atom. The van der Waals surface area contributed by atoms with Crippen LogP contribution in [0.5, 0.6) is 0 Å². The molecule has 1 aliphatic rings. The lowest BCUT2D eigenvalue weighted by atomic mass is 9.75. The first kappa shape index (κ1) is 11.8. The van der Waals surface area contributed by atoms with Crippen LogP contribution >= 0.6 is 0 Å². The van der Waals surface area contributed by atoms with Crippen molar-refractivity contribution < 1.29 is 18.3 Å². The van der Waals surface area contributed by atoms with Gasteiger partial charge in [0.2, 0.25) is 0 Å². The van der Waals surface area contributed by atoms with Gasteiger partial charge in [0, 0.05) is 12.5 Å². The maximum Gasteiger partial charge on any atom is 0.417 e. The molecule has 0 aromatic heterocycles.